The van der Waals surface area contributed by atoms with Gasteiger partial charge in [0.05, 0.1) is 11.3 Å². The molecule has 0 aromatic carbocycles. The molecule has 2 aromatic rings. The number of rotatable bonds is 3. The maximum Gasteiger partial charge on any atom is 0.257 e. The van der Waals surface area contributed by atoms with Gasteiger partial charge < -0.3 is 5.32 Å². The Hall–Kier alpha value is -1.94. The Bertz CT molecular complexity index is 748. The van der Waals surface area contributed by atoms with Gasteiger partial charge in [0.15, 0.2) is 5.15 Å². The molecule has 1 fully saturated rings. The van der Waals surface area contributed by atoms with Crippen LogP contribution in [0.3, 0.4) is 0 Å². The molecule has 0 saturated heterocycles. The predicted molar refractivity (Wildman–Crippen MR) is 92.1 cm³/mol. The summed E-state index contributed by atoms with van der Waals surface area (Å²) < 4.78 is 0. The van der Waals surface area contributed by atoms with Gasteiger partial charge in [-0.2, -0.15) is 0 Å². The summed E-state index contributed by atoms with van der Waals surface area (Å²) in [6.07, 6.45) is 7.51. The first-order chi connectivity index (χ1) is 10.8. The second-order valence-corrected chi connectivity index (χ2v) is 7.41. The van der Waals surface area contributed by atoms with Gasteiger partial charge in [-0.05, 0) is 47.4 Å². The van der Waals surface area contributed by atoms with Crippen molar-refractivity contribution in [2.75, 3.05) is 5.32 Å². The average molecular weight is 330 g/mol. The SMILES string of the molecule is CC(C)(C)c1cnc(Cl)c(NC(=O)c2cncc(C3CC3)c2)c1. The number of amides is 1. The van der Waals surface area contributed by atoms with E-state index in [9.17, 15) is 4.79 Å². The Morgan fingerprint density at radius 3 is 2.61 bits per heavy atom. The topological polar surface area (TPSA) is 54.9 Å². The maximum absolute atomic E-state index is 12.5. The van der Waals surface area contributed by atoms with Gasteiger partial charge in [-0.1, -0.05) is 32.4 Å². The van der Waals surface area contributed by atoms with Crippen molar-refractivity contribution in [2.45, 2.75) is 44.9 Å². The van der Waals surface area contributed by atoms with Crippen molar-refractivity contribution in [3.63, 3.8) is 0 Å². The normalized spacial score (nSPS) is 14.6. The third-order valence-corrected chi connectivity index (χ3v) is 4.32. The summed E-state index contributed by atoms with van der Waals surface area (Å²) in [5, 5.41) is 3.14. The number of nitrogens with zero attached hydrogens (tertiary/aromatic N) is 2. The molecule has 0 spiro atoms. The number of aromatic nitrogens is 2. The zero-order chi connectivity index (χ0) is 16.6. The molecular weight excluding hydrogens is 310 g/mol. The summed E-state index contributed by atoms with van der Waals surface area (Å²) in [6.45, 7) is 6.27. The van der Waals surface area contributed by atoms with Crippen LogP contribution in [0.2, 0.25) is 5.15 Å². The number of halogens is 1. The minimum absolute atomic E-state index is 0.0650. The van der Waals surface area contributed by atoms with Crippen LogP contribution in [0.15, 0.2) is 30.7 Å². The lowest BCUT2D eigenvalue weighted by Gasteiger charge is -2.19. The fourth-order valence-electron chi connectivity index (χ4n) is 2.36. The number of carbonyl (C=O) groups excluding carboxylic acids is 1. The summed E-state index contributed by atoms with van der Waals surface area (Å²) in [6, 6.07) is 3.79. The van der Waals surface area contributed by atoms with Gasteiger partial charge in [0.25, 0.3) is 5.91 Å². The Kier molecular flexibility index (Phi) is 4.11. The van der Waals surface area contributed by atoms with Gasteiger partial charge in [-0.25, -0.2) is 4.98 Å². The molecule has 1 aliphatic rings. The quantitative estimate of drug-likeness (QED) is 0.840. The van der Waals surface area contributed by atoms with Crippen LogP contribution < -0.4 is 5.32 Å². The van der Waals surface area contributed by atoms with E-state index >= 15 is 0 Å². The smallest absolute Gasteiger partial charge is 0.257 e. The largest absolute Gasteiger partial charge is 0.319 e. The molecule has 0 radical (unpaired) electrons. The van der Waals surface area contributed by atoms with Gasteiger partial charge in [0.1, 0.15) is 0 Å². The molecule has 0 unspecified atom stereocenters. The number of hydrogen-bond donors (Lipinski definition) is 1. The highest BCUT2D eigenvalue weighted by molar-refractivity contribution is 6.32. The maximum atomic E-state index is 12.5. The first-order valence-electron chi connectivity index (χ1n) is 7.77. The van der Waals surface area contributed by atoms with Crippen molar-refractivity contribution in [3.05, 3.63) is 52.6 Å². The zero-order valence-electron chi connectivity index (χ0n) is 13.6. The molecule has 2 heterocycles. The van der Waals surface area contributed by atoms with Crippen LogP contribution in [0, 0.1) is 0 Å². The molecule has 1 aliphatic carbocycles. The fraction of sp³-hybridized carbons (Fsp3) is 0.389. The Morgan fingerprint density at radius 2 is 1.96 bits per heavy atom. The minimum Gasteiger partial charge on any atom is -0.319 e. The van der Waals surface area contributed by atoms with E-state index in [0.29, 0.717) is 17.2 Å². The third-order valence-electron chi connectivity index (χ3n) is 4.02. The molecule has 3 rings (SSSR count). The lowest BCUT2D eigenvalue weighted by Crippen LogP contribution is -2.16. The Labute approximate surface area is 141 Å². The van der Waals surface area contributed by atoms with E-state index in [2.05, 4.69) is 36.1 Å². The van der Waals surface area contributed by atoms with Crippen LogP contribution >= 0.6 is 11.6 Å². The van der Waals surface area contributed by atoms with Crippen molar-refractivity contribution in [1.29, 1.82) is 0 Å². The van der Waals surface area contributed by atoms with Crippen LogP contribution in [-0.4, -0.2) is 15.9 Å². The summed E-state index contributed by atoms with van der Waals surface area (Å²) in [7, 11) is 0. The van der Waals surface area contributed by atoms with Gasteiger partial charge >= 0.3 is 0 Å². The van der Waals surface area contributed by atoms with Gasteiger partial charge in [-0.3, -0.25) is 9.78 Å². The second-order valence-electron chi connectivity index (χ2n) is 7.05. The highest BCUT2D eigenvalue weighted by Crippen LogP contribution is 2.39. The molecular formula is C18H20ClN3O. The van der Waals surface area contributed by atoms with Crippen molar-refractivity contribution in [3.8, 4) is 0 Å². The summed E-state index contributed by atoms with van der Waals surface area (Å²) in [4.78, 5) is 20.8. The van der Waals surface area contributed by atoms with Gasteiger partial charge in [0.2, 0.25) is 0 Å². The molecule has 0 bridgehead atoms. The van der Waals surface area contributed by atoms with E-state index in [1.54, 1.807) is 12.4 Å². The summed E-state index contributed by atoms with van der Waals surface area (Å²) in [5.74, 6) is 0.347. The molecule has 23 heavy (non-hydrogen) atoms. The highest BCUT2D eigenvalue weighted by Gasteiger charge is 2.24. The Morgan fingerprint density at radius 1 is 1.22 bits per heavy atom. The second kappa shape index (κ2) is 5.93. The Balaban J connectivity index is 1.83. The van der Waals surface area contributed by atoms with E-state index in [4.69, 9.17) is 11.6 Å². The molecule has 0 atom stereocenters. The molecule has 1 saturated carbocycles. The van der Waals surface area contributed by atoms with Crippen LogP contribution in [0.4, 0.5) is 5.69 Å². The molecule has 1 amide bonds. The highest BCUT2D eigenvalue weighted by atomic mass is 35.5. The lowest BCUT2D eigenvalue weighted by molar-refractivity contribution is 0.102. The van der Waals surface area contributed by atoms with Crippen LogP contribution in [0.5, 0.6) is 0 Å². The molecule has 1 N–H and O–H groups in total. The fourth-order valence-corrected chi connectivity index (χ4v) is 2.51. The summed E-state index contributed by atoms with van der Waals surface area (Å²) in [5.41, 5.74) is 3.16. The van der Waals surface area contributed by atoms with Crippen molar-refractivity contribution in [2.24, 2.45) is 0 Å². The first kappa shape index (κ1) is 15.9. The van der Waals surface area contributed by atoms with Crippen molar-refractivity contribution >= 4 is 23.2 Å². The number of pyridine rings is 2. The minimum atomic E-state index is -0.213. The average Bonchev–Trinajstić information content (AvgIpc) is 3.33. The zero-order valence-corrected chi connectivity index (χ0v) is 14.3. The summed E-state index contributed by atoms with van der Waals surface area (Å²) >= 11 is 6.13. The van der Waals surface area contributed by atoms with E-state index in [1.165, 1.54) is 12.8 Å². The van der Waals surface area contributed by atoms with Crippen molar-refractivity contribution < 1.29 is 4.79 Å². The molecule has 5 heteroatoms. The first-order valence-corrected chi connectivity index (χ1v) is 8.15. The molecule has 2 aromatic heterocycles. The number of carbonyl (C=O) groups is 1. The third kappa shape index (κ3) is 3.70. The standard InChI is InChI=1S/C18H20ClN3O/c1-18(2,3)14-7-15(16(19)21-10-14)22-17(23)13-6-12(8-20-9-13)11-4-5-11/h6-11H,4-5H2,1-3H3,(H,22,23). The van der Waals surface area contributed by atoms with Crippen molar-refractivity contribution in [1.82, 2.24) is 9.97 Å². The molecule has 120 valence electrons. The van der Waals surface area contributed by atoms with E-state index < -0.39 is 0 Å². The molecule has 4 nitrogen and oxygen atoms in total. The number of nitrogens with one attached hydrogen (secondary N) is 1. The van der Waals surface area contributed by atoms with Gasteiger partial charge in [-0.15, -0.1) is 0 Å². The van der Waals surface area contributed by atoms with E-state index in [1.807, 2.05) is 18.3 Å². The number of hydrogen-bond acceptors (Lipinski definition) is 3. The van der Waals surface area contributed by atoms with Crippen LogP contribution in [0.25, 0.3) is 0 Å². The van der Waals surface area contributed by atoms with E-state index in [-0.39, 0.29) is 16.5 Å². The van der Waals surface area contributed by atoms with Crippen LogP contribution in [0.1, 0.15) is 61.0 Å². The lowest BCUT2D eigenvalue weighted by atomic mass is 9.88. The van der Waals surface area contributed by atoms with Crippen LogP contribution in [-0.2, 0) is 5.41 Å². The van der Waals surface area contributed by atoms with Gasteiger partial charge in [0, 0.05) is 18.6 Å². The monoisotopic (exact) mass is 329 g/mol. The van der Waals surface area contributed by atoms with E-state index in [0.717, 1.165) is 11.1 Å². The predicted octanol–water partition coefficient (Wildman–Crippen LogP) is 4.56. The number of anilines is 1. The molecule has 0 aliphatic heterocycles.